The quantitative estimate of drug-likeness (QED) is 0.667. The number of aliphatic hydroxyl groups is 1. The summed E-state index contributed by atoms with van der Waals surface area (Å²) in [6, 6.07) is 15.4. The van der Waals surface area contributed by atoms with Crippen molar-refractivity contribution < 1.29 is 9.90 Å². The van der Waals surface area contributed by atoms with Crippen molar-refractivity contribution >= 4 is 5.91 Å². The lowest BCUT2D eigenvalue weighted by Gasteiger charge is -2.41. The molecule has 1 aliphatic rings. The summed E-state index contributed by atoms with van der Waals surface area (Å²) in [4.78, 5) is 12.3. The first kappa shape index (κ1) is 16.6. The molecule has 0 aliphatic heterocycles. The highest BCUT2D eigenvalue weighted by Gasteiger charge is 2.40. The monoisotopic (exact) mass is 325 g/mol. The second kappa shape index (κ2) is 6.73. The van der Waals surface area contributed by atoms with Gasteiger partial charge in [-0.25, -0.2) is 0 Å². The van der Waals surface area contributed by atoms with Crippen molar-refractivity contribution in [3.8, 4) is 11.1 Å². The molecule has 1 amide bonds. The third-order valence-electron chi connectivity index (χ3n) is 4.48. The minimum Gasteiger partial charge on any atom is -0.388 e. The summed E-state index contributed by atoms with van der Waals surface area (Å²) < 4.78 is 0. The van der Waals surface area contributed by atoms with Gasteiger partial charge in [0.2, 0.25) is 0 Å². The normalized spacial score (nSPS) is 22.7. The lowest BCUT2D eigenvalue weighted by Crippen LogP contribution is -2.57. The molecule has 0 radical (unpaired) electrons. The van der Waals surface area contributed by atoms with Gasteiger partial charge in [0.15, 0.2) is 0 Å². The van der Waals surface area contributed by atoms with E-state index in [9.17, 15) is 9.90 Å². The summed E-state index contributed by atoms with van der Waals surface area (Å²) in [5.41, 5.74) is 14.1. The number of amides is 1. The van der Waals surface area contributed by atoms with E-state index in [1.807, 2.05) is 42.5 Å². The number of carbonyl (C=O) groups excluding carboxylic acids is 1. The molecule has 0 unspecified atom stereocenters. The van der Waals surface area contributed by atoms with Crippen molar-refractivity contribution in [2.75, 3.05) is 6.54 Å². The van der Waals surface area contributed by atoms with Gasteiger partial charge >= 0.3 is 0 Å². The molecule has 0 spiro atoms. The first-order valence-electron chi connectivity index (χ1n) is 8.15. The summed E-state index contributed by atoms with van der Waals surface area (Å²) in [6.45, 7) is 0.709. The van der Waals surface area contributed by atoms with Gasteiger partial charge in [0.05, 0.1) is 5.60 Å². The fraction of sp³-hybridized carbons (Fsp3) is 0.316. The molecule has 0 heterocycles. The molecule has 126 valence electrons. The van der Waals surface area contributed by atoms with Crippen LogP contribution in [-0.2, 0) is 6.54 Å². The number of nitrogens with two attached hydrogens (primary N) is 2. The first-order chi connectivity index (χ1) is 11.5. The Kier molecular flexibility index (Phi) is 4.66. The van der Waals surface area contributed by atoms with Gasteiger partial charge in [-0.1, -0.05) is 30.3 Å². The van der Waals surface area contributed by atoms with Gasteiger partial charge in [0.25, 0.3) is 5.91 Å². The third kappa shape index (κ3) is 3.64. The predicted octanol–water partition coefficient (Wildman–Crippen LogP) is 1.39. The van der Waals surface area contributed by atoms with Gasteiger partial charge in [-0.05, 0) is 47.7 Å². The van der Waals surface area contributed by atoms with Crippen LogP contribution in [0.15, 0.2) is 48.5 Å². The van der Waals surface area contributed by atoms with Gasteiger partial charge in [-0.15, -0.1) is 0 Å². The lowest BCUT2D eigenvalue weighted by atomic mass is 9.76. The molecule has 3 rings (SSSR count). The molecule has 2 aromatic carbocycles. The van der Waals surface area contributed by atoms with Crippen molar-refractivity contribution in [3.05, 3.63) is 59.7 Å². The van der Waals surface area contributed by atoms with Crippen LogP contribution in [0.4, 0.5) is 0 Å². The molecule has 0 saturated heterocycles. The Balaban J connectivity index is 1.71. The number of nitrogens with one attached hydrogen (secondary N) is 1. The largest absolute Gasteiger partial charge is 0.388 e. The fourth-order valence-corrected chi connectivity index (χ4v) is 3.13. The zero-order chi connectivity index (χ0) is 17.2. The van der Waals surface area contributed by atoms with Crippen molar-refractivity contribution in [2.24, 2.45) is 11.5 Å². The number of rotatable bonds is 5. The summed E-state index contributed by atoms with van der Waals surface area (Å²) >= 11 is 0. The number of benzene rings is 2. The van der Waals surface area contributed by atoms with E-state index in [0.717, 1.165) is 16.7 Å². The SMILES string of the molecule is NCc1cccc(-c2cccc(C(=O)NCC3(O)CC(N)C3)c2)c1. The fourth-order valence-electron chi connectivity index (χ4n) is 3.13. The van der Waals surface area contributed by atoms with Crippen LogP contribution < -0.4 is 16.8 Å². The number of carbonyl (C=O) groups is 1. The molecule has 6 N–H and O–H groups in total. The standard InChI is InChI=1S/C19H23N3O2/c20-11-13-3-1-4-14(7-13)15-5-2-6-16(8-15)18(23)22-12-19(24)9-17(21)10-19/h1-8,17,24H,9-12,20-21H2,(H,22,23). The Hall–Kier alpha value is -2.21. The summed E-state index contributed by atoms with van der Waals surface area (Å²) in [7, 11) is 0. The van der Waals surface area contributed by atoms with E-state index in [-0.39, 0.29) is 18.5 Å². The van der Waals surface area contributed by atoms with Gasteiger partial charge < -0.3 is 21.9 Å². The minimum absolute atomic E-state index is 0.0325. The van der Waals surface area contributed by atoms with E-state index in [0.29, 0.717) is 24.9 Å². The number of hydrogen-bond acceptors (Lipinski definition) is 4. The molecular formula is C19H23N3O2. The molecule has 5 nitrogen and oxygen atoms in total. The summed E-state index contributed by atoms with van der Waals surface area (Å²) in [5.74, 6) is -0.194. The van der Waals surface area contributed by atoms with Crippen LogP contribution in [0.2, 0.25) is 0 Å². The highest BCUT2D eigenvalue weighted by molar-refractivity contribution is 5.95. The highest BCUT2D eigenvalue weighted by Crippen LogP contribution is 2.30. The Morgan fingerprint density at radius 3 is 2.50 bits per heavy atom. The smallest absolute Gasteiger partial charge is 0.251 e. The van der Waals surface area contributed by atoms with Crippen LogP contribution in [0, 0.1) is 0 Å². The topological polar surface area (TPSA) is 101 Å². The maximum absolute atomic E-state index is 12.3. The predicted molar refractivity (Wildman–Crippen MR) is 94.3 cm³/mol. The molecule has 0 atom stereocenters. The van der Waals surface area contributed by atoms with Crippen LogP contribution in [0.25, 0.3) is 11.1 Å². The van der Waals surface area contributed by atoms with Crippen LogP contribution in [-0.4, -0.2) is 29.2 Å². The van der Waals surface area contributed by atoms with Crippen LogP contribution in [0.5, 0.6) is 0 Å². The van der Waals surface area contributed by atoms with E-state index in [1.165, 1.54) is 0 Å². The van der Waals surface area contributed by atoms with Crippen LogP contribution in [0.1, 0.15) is 28.8 Å². The third-order valence-corrected chi connectivity index (χ3v) is 4.48. The second-order valence-corrected chi connectivity index (χ2v) is 6.56. The second-order valence-electron chi connectivity index (χ2n) is 6.56. The maximum atomic E-state index is 12.3. The van der Waals surface area contributed by atoms with Crippen LogP contribution >= 0.6 is 0 Å². The Morgan fingerprint density at radius 2 is 1.83 bits per heavy atom. The zero-order valence-corrected chi connectivity index (χ0v) is 13.5. The molecule has 5 heteroatoms. The van der Waals surface area contributed by atoms with Gasteiger partial charge in [-0.3, -0.25) is 4.79 Å². The van der Waals surface area contributed by atoms with E-state index >= 15 is 0 Å². The highest BCUT2D eigenvalue weighted by atomic mass is 16.3. The molecular weight excluding hydrogens is 302 g/mol. The molecule has 1 aliphatic carbocycles. The molecule has 0 aromatic heterocycles. The zero-order valence-electron chi connectivity index (χ0n) is 13.5. The minimum atomic E-state index is -0.859. The van der Waals surface area contributed by atoms with E-state index < -0.39 is 5.60 Å². The Labute approximate surface area is 141 Å². The van der Waals surface area contributed by atoms with Gasteiger partial charge in [0, 0.05) is 24.7 Å². The Morgan fingerprint density at radius 1 is 1.17 bits per heavy atom. The average Bonchev–Trinajstić information content (AvgIpc) is 2.58. The summed E-state index contributed by atoms with van der Waals surface area (Å²) in [5, 5.41) is 13.0. The van der Waals surface area contributed by atoms with E-state index in [1.54, 1.807) is 6.07 Å². The van der Waals surface area contributed by atoms with Crippen molar-refractivity contribution in [2.45, 2.75) is 31.0 Å². The molecule has 1 saturated carbocycles. The Bertz CT molecular complexity index is 739. The first-order valence-corrected chi connectivity index (χ1v) is 8.15. The van der Waals surface area contributed by atoms with Crippen LogP contribution in [0.3, 0.4) is 0 Å². The van der Waals surface area contributed by atoms with E-state index in [2.05, 4.69) is 5.32 Å². The number of hydrogen-bond donors (Lipinski definition) is 4. The summed E-state index contributed by atoms with van der Waals surface area (Å²) in [6.07, 6.45) is 1.05. The van der Waals surface area contributed by atoms with Gasteiger partial charge in [-0.2, -0.15) is 0 Å². The lowest BCUT2D eigenvalue weighted by molar-refractivity contribution is -0.0430. The van der Waals surface area contributed by atoms with Crippen molar-refractivity contribution in [1.82, 2.24) is 5.32 Å². The van der Waals surface area contributed by atoms with Crippen molar-refractivity contribution in [3.63, 3.8) is 0 Å². The average molecular weight is 325 g/mol. The van der Waals surface area contributed by atoms with Crippen molar-refractivity contribution in [1.29, 1.82) is 0 Å². The molecule has 2 aromatic rings. The molecule has 1 fully saturated rings. The maximum Gasteiger partial charge on any atom is 0.251 e. The van der Waals surface area contributed by atoms with Gasteiger partial charge in [0.1, 0.15) is 0 Å². The molecule has 0 bridgehead atoms. The van der Waals surface area contributed by atoms with E-state index in [4.69, 9.17) is 11.5 Å². The molecule has 24 heavy (non-hydrogen) atoms.